The number of carboxylic acids is 1. The van der Waals surface area contributed by atoms with Crippen molar-refractivity contribution in [1.29, 1.82) is 0 Å². The zero-order valence-electron chi connectivity index (χ0n) is 8.20. The van der Waals surface area contributed by atoms with E-state index in [0.717, 1.165) is 5.56 Å². The first-order valence-corrected chi connectivity index (χ1v) is 4.88. The van der Waals surface area contributed by atoms with E-state index in [1.807, 2.05) is 25.1 Å². The fourth-order valence-electron chi connectivity index (χ4n) is 1.29. The van der Waals surface area contributed by atoms with Gasteiger partial charge in [-0.25, -0.2) is 0 Å². The van der Waals surface area contributed by atoms with Crippen molar-refractivity contribution in [3.05, 3.63) is 34.9 Å². The summed E-state index contributed by atoms with van der Waals surface area (Å²) in [6.45, 7) is 3.60. The van der Waals surface area contributed by atoms with Crippen LogP contribution in [0.15, 0.2) is 24.3 Å². The minimum absolute atomic E-state index is 0.0220. The van der Waals surface area contributed by atoms with E-state index in [2.05, 4.69) is 0 Å². The van der Waals surface area contributed by atoms with E-state index in [1.165, 1.54) is 0 Å². The highest BCUT2D eigenvalue weighted by Gasteiger charge is 2.20. The standard InChI is InChI=1S/C11H13ClO2/c1-7(8(2)11(13)14)9-4-3-5-10(12)6-9/h3-8H,1-2H3,(H,13,14)/t7-,8+/m1/s1. The molecule has 0 aliphatic carbocycles. The predicted octanol–water partition coefficient (Wildman–Crippen LogP) is 3.16. The summed E-state index contributed by atoms with van der Waals surface area (Å²) in [5, 5.41) is 9.50. The monoisotopic (exact) mass is 212 g/mol. The molecule has 0 spiro atoms. The number of rotatable bonds is 3. The topological polar surface area (TPSA) is 37.3 Å². The quantitative estimate of drug-likeness (QED) is 0.836. The van der Waals surface area contributed by atoms with Crippen molar-refractivity contribution in [1.82, 2.24) is 0 Å². The van der Waals surface area contributed by atoms with Gasteiger partial charge in [-0.15, -0.1) is 0 Å². The minimum atomic E-state index is -0.780. The molecule has 14 heavy (non-hydrogen) atoms. The molecule has 3 heteroatoms. The molecule has 76 valence electrons. The van der Waals surface area contributed by atoms with Crippen LogP contribution in [0.3, 0.4) is 0 Å². The predicted molar refractivity (Wildman–Crippen MR) is 56.7 cm³/mol. The summed E-state index contributed by atoms with van der Waals surface area (Å²) >= 11 is 5.83. The maximum absolute atomic E-state index is 10.8. The van der Waals surface area contributed by atoms with Gasteiger partial charge in [-0.2, -0.15) is 0 Å². The molecule has 1 rings (SSSR count). The Morgan fingerprint density at radius 2 is 2.07 bits per heavy atom. The molecule has 0 aliphatic heterocycles. The SMILES string of the molecule is C[C@H](C(=O)O)[C@@H](C)c1cccc(Cl)c1. The summed E-state index contributed by atoms with van der Waals surface area (Å²) in [6, 6.07) is 7.33. The van der Waals surface area contributed by atoms with Crippen LogP contribution in [0.1, 0.15) is 25.3 Å². The molecule has 0 radical (unpaired) electrons. The zero-order valence-corrected chi connectivity index (χ0v) is 8.95. The number of carbonyl (C=O) groups is 1. The van der Waals surface area contributed by atoms with Gasteiger partial charge < -0.3 is 5.11 Å². The van der Waals surface area contributed by atoms with Gasteiger partial charge in [0.2, 0.25) is 0 Å². The van der Waals surface area contributed by atoms with Crippen molar-refractivity contribution in [3.8, 4) is 0 Å². The van der Waals surface area contributed by atoms with Crippen LogP contribution in [0, 0.1) is 5.92 Å². The molecule has 0 saturated carbocycles. The molecule has 1 aromatic rings. The van der Waals surface area contributed by atoms with Crippen LogP contribution < -0.4 is 0 Å². The van der Waals surface area contributed by atoms with Gasteiger partial charge in [0.05, 0.1) is 5.92 Å². The number of halogens is 1. The Morgan fingerprint density at radius 3 is 2.57 bits per heavy atom. The second-order valence-corrected chi connectivity index (χ2v) is 3.91. The Morgan fingerprint density at radius 1 is 1.43 bits per heavy atom. The summed E-state index contributed by atoms with van der Waals surface area (Å²) in [4.78, 5) is 10.8. The summed E-state index contributed by atoms with van der Waals surface area (Å²) in [7, 11) is 0. The maximum Gasteiger partial charge on any atom is 0.306 e. The Hall–Kier alpha value is -1.02. The average Bonchev–Trinajstić information content (AvgIpc) is 2.15. The highest BCUT2D eigenvalue weighted by Crippen LogP contribution is 2.26. The van der Waals surface area contributed by atoms with Gasteiger partial charge in [-0.3, -0.25) is 4.79 Å². The Bertz CT molecular complexity index is 336. The molecule has 0 bridgehead atoms. The molecule has 0 aromatic heterocycles. The smallest absolute Gasteiger partial charge is 0.306 e. The Labute approximate surface area is 88.5 Å². The Kier molecular flexibility index (Phi) is 3.53. The van der Waals surface area contributed by atoms with Gasteiger partial charge in [0.1, 0.15) is 0 Å². The molecular weight excluding hydrogens is 200 g/mol. The maximum atomic E-state index is 10.8. The van der Waals surface area contributed by atoms with Crippen LogP contribution in [0.4, 0.5) is 0 Å². The van der Waals surface area contributed by atoms with Gasteiger partial charge in [-0.1, -0.05) is 37.6 Å². The number of hydrogen-bond donors (Lipinski definition) is 1. The fraction of sp³-hybridized carbons (Fsp3) is 0.364. The second-order valence-electron chi connectivity index (χ2n) is 3.47. The van der Waals surface area contributed by atoms with Crippen molar-refractivity contribution < 1.29 is 9.90 Å². The van der Waals surface area contributed by atoms with Crippen molar-refractivity contribution in [3.63, 3.8) is 0 Å². The van der Waals surface area contributed by atoms with E-state index in [1.54, 1.807) is 13.0 Å². The van der Waals surface area contributed by atoms with Gasteiger partial charge in [0, 0.05) is 5.02 Å². The molecule has 0 saturated heterocycles. The summed E-state index contributed by atoms with van der Waals surface area (Å²) in [5.41, 5.74) is 0.965. The number of benzene rings is 1. The molecule has 2 atom stereocenters. The molecule has 1 aromatic carbocycles. The first kappa shape index (κ1) is 11.1. The van der Waals surface area contributed by atoms with Crippen LogP contribution in [-0.2, 0) is 4.79 Å². The number of carboxylic acid groups (broad SMARTS) is 1. The first-order valence-electron chi connectivity index (χ1n) is 4.50. The highest BCUT2D eigenvalue weighted by molar-refractivity contribution is 6.30. The largest absolute Gasteiger partial charge is 0.481 e. The highest BCUT2D eigenvalue weighted by atomic mass is 35.5. The van der Waals surface area contributed by atoms with Crippen LogP contribution >= 0.6 is 11.6 Å². The van der Waals surface area contributed by atoms with Crippen molar-refractivity contribution >= 4 is 17.6 Å². The van der Waals surface area contributed by atoms with Crippen LogP contribution in [0.5, 0.6) is 0 Å². The molecular formula is C11H13ClO2. The number of aliphatic carboxylic acids is 1. The van der Waals surface area contributed by atoms with Gasteiger partial charge in [0.15, 0.2) is 0 Å². The molecule has 0 fully saturated rings. The van der Waals surface area contributed by atoms with Crippen molar-refractivity contribution in [2.45, 2.75) is 19.8 Å². The normalized spacial score (nSPS) is 14.8. The van der Waals surface area contributed by atoms with E-state index in [4.69, 9.17) is 16.7 Å². The second kappa shape index (κ2) is 4.47. The summed E-state index contributed by atoms with van der Waals surface area (Å²) in [5.74, 6) is -1.20. The lowest BCUT2D eigenvalue weighted by Crippen LogP contribution is -2.16. The molecule has 2 nitrogen and oxygen atoms in total. The Balaban J connectivity index is 2.89. The lowest BCUT2D eigenvalue weighted by molar-refractivity contribution is -0.141. The van der Waals surface area contributed by atoms with E-state index in [-0.39, 0.29) is 5.92 Å². The van der Waals surface area contributed by atoms with E-state index in [9.17, 15) is 4.79 Å². The third-order valence-corrected chi connectivity index (χ3v) is 2.75. The molecule has 1 N–H and O–H groups in total. The number of hydrogen-bond acceptors (Lipinski definition) is 1. The van der Waals surface area contributed by atoms with E-state index in [0.29, 0.717) is 5.02 Å². The lowest BCUT2D eigenvalue weighted by atomic mass is 9.89. The van der Waals surface area contributed by atoms with Crippen LogP contribution in [0.2, 0.25) is 5.02 Å². The van der Waals surface area contributed by atoms with Crippen LogP contribution in [-0.4, -0.2) is 11.1 Å². The van der Waals surface area contributed by atoms with E-state index < -0.39 is 11.9 Å². The molecule has 0 amide bonds. The molecule has 0 unspecified atom stereocenters. The van der Waals surface area contributed by atoms with Crippen molar-refractivity contribution in [2.24, 2.45) is 5.92 Å². The third-order valence-electron chi connectivity index (χ3n) is 2.51. The lowest BCUT2D eigenvalue weighted by Gasteiger charge is -2.16. The minimum Gasteiger partial charge on any atom is -0.481 e. The van der Waals surface area contributed by atoms with Crippen molar-refractivity contribution in [2.75, 3.05) is 0 Å². The van der Waals surface area contributed by atoms with Crippen LogP contribution in [0.25, 0.3) is 0 Å². The van der Waals surface area contributed by atoms with Gasteiger partial charge in [0.25, 0.3) is 0 Å². The first-order chi connectivity index (χ1) is 6.52. The average molecular weight is 213 g/mol. The third kappa shape index (κ3) is 2.48. The molecule has 0 aliphatic rings. The fourth-order valence-corrected chi connectivity index (χ4v) is 1.49. The van der Waals surface area contributed by atoms with E-state index >= 15 is 0 Å². The summed E-state index contributed by atoms with van der Waals surface area (Å²) < 4.78 is 0. The van der Waals surface area contributed by atoms with Gasteiger partial charge >= 0.3 is 5.97 Å². The molecule has 0 heterocycles. The summed E-state index contributed by atoms with van der Waals surface area (Å²) in [6.07, 6.45) is 0. The van der Waals surface area contributed by atoms with Gasteiger partial charge in [-0.05, 0) is 23.6 Å². The zero-order chi connectivity index (χ0) is 10.7.